The lowest BCUT2D eigenvalue weighted by molar-refractivity contribution is 0.368. The molecule has 2 rings (SSSR count). The van der Waals surface area contributed by atoms with E-state index in [0.29, 0.717) is 18.5 Å². The van der Waals surface area contributed by atoms with Gasteiger partial charge in [-0.1, -0.05) is 22.4 Å². The smallest absolute Gasteiger partial charge is 0.150 e. The molecule has 0 bridgehead atoms. The van der Waals surface area contributed by atoms with E-state index in [1.54, 1.807) is 12.1 Å². The van der Waals surface area contributed by atoms with E-state index in [9.17, 15) is 12.8 Å². The summed E-state index contributed by atoms with van der Waals surface area (Å²) in [4.78, 5) is 0. The Morgan fingerprint density at radius 3 is 2.85 bits per heavy atom. The number of hydrogen-bond donors (Lipinski definition) is 1. The largest absolute Gasteiger partial charge is 0.310 e. The standard InChI is InChI=1S/C14H19BrFNO2S/c1-20(18,19)13-4-2-3-12(8-13)17-9-10-7-11(15)5-6-14(10)16/h5-7,12-13,17H,2-4,8-9H2,1H3. The number of benzene rings is 1. The molecule has 1 aliphatic rings. The van der Waals surface area contributed by atoms with Gasteiger partial charge in [-0.15, -0.1) is 0 Å². The molecule has 1 aromatic carbocycles. The maximum Gasteiger partial charge on any atom is 0.150 e. The van der Waals surface area contributed by atoms with Crippen LogP contribution in [0.5, 0.6) is 0 Å². The molecular formula is C14H19BrFNO2S. The van der Waals surface area contributed by atoms with Crippen LogP contribution in [0, 0.1) is 5.82 Å². The third-order valence-corrected chi connectivity index (χ3v) is 5.95. The molecule has 2 unspecified atom stereocenters. The van der Waals surface area contributed by atoms with Gasteiger partial charge in [-0.25, -0.2) is 12.8 Å². The van der Waals surface area contributed by atoms with Crippen LogP contribution in [0.2, 0.25) is 0 Å². The zero-order valence-corrected chi connectivity index (χ0v) is 13.8. The second-order valence-corrected chi connectivity index (χ2v) is 8.67. The third-order valence-electron chi connectivity index (χ3n) is 3.82. The quantitative estimate of drug-likeness (QED) is 0.893. The van der Waals surface area contributed by atoms with Crippen LogP contribution < -0.4 is 5.32 Å². The third kappa shape index (κ3) is 4.27. The normalized spacial score (nSPS) is 23.8. The minimum Gasteiger partial charge on any atom is -0.310 e. The summed E-state index contributed by atoms with van der Waals surface area (Å²) in [6.45, 7) is 0.423. The second kappa shape index (κ2) is 6.54. The van der Waals surface area contributed by atoms with Gasteiger partial charge in [0.1, 0.15) is 15.7 Å². The van der Waals surface area contributed by atoms with Crippen LogP contribution in [0.25, 0.3) is 0 Å². The summed E-state index contributed by atoms with van der Waals surface area (Å²) in [7, 11) is -2.98. The van der Waals surface area contributed by atoms with E-state index in [-0.39, 0.29) is 17.1 Å². The Kier molecular flexibility index (Phi) is 5.20. The van der Waals surface area contributed by atoms with Crippen molar-refractivity contribution in [2.75, 3.05) is 6.26 Å². The zero-order chi connectivity index (χ0) is 14.8. The first-order chi connectivity index (χ1) is 9.36. The van der Waals surface area contributed by atoms with E-state index in [4.69, 9.17) is 0 Å². The molecule has 3 nitrogen and oxygen atoms in total. The molecule has 0 heterocycles. The molecular weight excluding hydrogens is 345 g/mol. The van der Waals surface area contributed by atoms with Gasteiger partial charge >= 0.3 is 0 Å². The first-order valence-electron chi connectivity index (χ1n) is 6.72. The maximum absolute atomic E-state index is 13.6. The molecule has 0 aromatic heterocycles. The molecule has 1 aromatic rings. The fourth-order valence-corrected chi connectivity index (χ4v) is 4.24. The molecule has 112 valence electrons. The van der Waals surface area contributed by atoms with E-state index in [1.165, 1.54) is 12.3 Å². The van der Waals surface area contributed by atoms with E-state index in [0.717, 1.165) is 23.7 Å². The monoisotopic (exact) mass is 363 g/mol. The summed E-state index contributed by atoms with van der Waals surface area (Å²) < 4.78 is 37.7. The molecule has 0 saturated heterocycles. The fraction of sp³-hybridized carbons (Fsp3) is 0.571. The van der Waals surface area contributed by atoms with Gasteiger partial charge in [0.05, 0.1) is 5.25 Å². The van der Waals surface area contributed by atoms with Crippen molar-refractivity contribution < 1.29 is 12.8 Å². The van der Waals surface area contributed by atoms with Crippen LogP contribution in [0.1, 0.15) is 31.2 Å². The average Bonchev–Trinajstić information content (AvgIpc) is 2.39. The van der Waals surface area contributed by atoms with Crippen molar-refractivity contribution in [2.24, 2.45) is 0 Å². The Morgan fingerprint density at radius 1 is 1.40 bits per heavy atom. The van der Waals surface area contributed by atoms with Gasteiger partial charge in [0.2, 0.25) is 0 Å². The summed E-state index contributed by atoms with van der Waals surface area (Å²) in [5.41, 5.74) is 0.598. The predicted octanol–water partition coefficient (Wildman–Crippen LogP) is 3.03. The van der Waals surface area contributed by atoms with Crippen LogP contribution in [-0.2, 0) is 16.4 Å². The average molecular weight is 364 g/mol. The molecule has 0 amide bonds. The molecule has 0 spiro atoms. The van der Waals surface area contributed by atoms with Crippen molar-refractivity contribution in [2.45, 2.75) is 43.5 Å². The lowest BCUT2D eigenvalue weighted by Gasteiger charge is -2.28. The van der Waals surface area contributed by atoms with Crippen molar-refractivity contribution in [3.05, 3.63) is 34.1 Å². The lowest BCUT2D eigenvalue weighted by Crippen LogP contribution is -2.38. The van der Waals surface area contributed by atoms with Gasteiger partial charge in [0, 0.05) is 28.9 Å². The number of sulfone groups is 1. The van der Waals surface area contributed by atoms with E-state index in [2.05, 4.69) is 21.2 Å². The Morgan fingerprint density at radius 2 is 2.15 bits per heavy atom. The zero-order valence-electron chi connectivity index (χ0n) is 11.4. The Balaban J connectivity index is 1.95. The lowest BCUT2D eigenvalue weighted by atomic mass is 9.95. The summed E-state index contributed by atoms with van der Waals surface area (Å²) in [6, 6.07) is 4.99. The van der Waals surface area contributed by atoms with Gasteiger partial charge < -0.3 is 5.32 Å². The SMILES string of the molecule is CS(=O)(=O)C1CCCC(NCc2cc(Br)ccc2F)C1. The van der Waals surface area contributed by atoms with Crippen molar-refractivity contribution in [1.29, 1.82) is 0 Å². The molecule has 0 aliphatic heterocycles. The van der Waals surface area contributed by atoms with Crippen molar-refractivity contribution >= 4 is 25.8 Å². The van der Waals surface area contributed by atoms with E-state index in [1.807, 2.05) is 0 Å². The summed E-state index contributed by atoms with van der Waals surface area (Å²) in [5.74, 6) is -0.240. The van der Waals surface area contributed by atoms with Crippen molar-refractivity contribution in [3.8, 4) is 0 Å². The summed E-state index contributed by atoms with van der Waals surface area (Å²) in [6.07, 6.45) is 4.50. The van der Waals surface area contributed by atoms with Crippen LogP contribution in [-0.4, -0.2) is 26.0 Å². The minimum absolute atomic E-state index is 0.141. The highest BCUT2D eigenvalue weighted by molar-refractivity contribution is 9.10. The highest BCUT2D eigenvalue weighted by atomic mass is 79.9. The molecule has 2 atom stereocenters. The number of hydrogen-bond acceptors (Lipinski definition) is 3. The Hall–Kier alpha value is -0.460. The summed E-state index contributed by atoms with van der Waals surface area (Å²) in [5, 5.41) is 3.02. The molecule has 6 heteroatoms. The van der Waals surface area contributed by atoms with Gasteiger partial charge in [-0.2, -0.15) is 0 Å². The van der Waals surface area contributed by atoms with Gasteiger partial charge in [-0.3, -0.25) is 0 Å². The molecule has 0 radical (unpaired) electrons. The predicted molar refractivity (Wildman–Crippen MR) is 81.8 cm³/mol. The number of halogens is 2. The van der Waals surface area contributed by atoms with Gasteiger partial charge in [-0.05, 0) is 37.5 Å². The Labute approximate surface area is 128 Å². The van der Waals surface area contributed by atoms with Crippen molar-refractivity contribution in [1.82, 2.24) is 5.32 Å². The Bertz CT molecular complexity index is 577. The topological polar surface area (TPSA) is 46.2 Å². The molecule has 1 fully saturated rings. The fourth-order valence-electron chi connectivity index (χ4n) is 2.65. The van der Waals surface area contributed by atoms with Crippen LogP contribution in [0.3, 0.4) is 0 Å². The highest BCUT2D eigenvalue weighted by Gasteiger charge is 2.28. The van der Waals surface area contributed by atoms with E-state index >= 15 is 0 Å². The van der Waals surface area contributed by atoms with Gasteiger partial charge in [0.15, 0.2) is 0 Å². The first kappa shape index (κ1) is 15.9. The van der Waals surface area contributed by atoms with Gasteiger partial charge in [0.25, 0.3) is 0 Å². The summed E-state index contributed by atoms with van der Waals surface area (Å²) >= 11 is 3.32. The van der Waals surface area contributed by atoms with Crippen molar-refractivity contribution in [3.63, 3.8) is 0 Å². The van der Waals surface area contributed by atoms with Crippen LogP contribution in [0.4, 0.5) is 4.39 Å². The first-order valence-corrected chi connectivity index (χ1v) is 9.47. The molecule has 1 aliphatic carbocycles. The number of nitrogens with one attached hydrogen (secondary N) is 1. The second-order valence-electron chi connectivity index (χ2n) is 5.43. The number of rotatable bonds is 4. The maximum atomic E-state index is 13.6. The van der Waals surface area contributed by atoms with Crippen LogP contribution >= 0.6 is 15.9 Å². The van der Waals surface area contributed by atoms with E-state index < -0.39 is 9.84 Å². The highest BCUT2D eigenvalue weighted by Crippen LogP contribution is 2.24. The molecule has 1 saturated carbocycles. The molecule has 1 N–H and O–H groups in total. The van der Waals surface area contributed by atoms with Crippen LogP contribution in [0.15, 0.2) is 22.7 Å². The molecule has 20 heavy (non-hydrogen) atoms. The minimum atomic E-state index is -2.98.